The SMILES string of the molecule is CCc1ccc(C(NC(=O)c2ccc(-n3cncn3)cc2)C(C)C)cc1. The lowest BCUT2D eigenvalue weighted by atomic mass is 9.94. The molecular formula is C21H24N4O. The topological polar surface area (TPSA) is 59.8 Å². The van der Waals surface area contributed by atoms with Gasteiger partial charge in [0.15, 0.2) is 0 Å². The predicted octanol–water partition coefficient (Wildman–Crippen LogP) is 3.96. The highest BCUT2D eigenvalue weighted by Gasteiger charge is 2.19. The molecule has 1 N–H and O–H groups in total. The molecule has 2 aromatic carbocycles. The van der Waals surface area contributed by atoms with Gasteiger partial charge in [-0.15, -0.1) is 0 Å². The van der Waals surface area contributed by atoms with E-state index in [2.05, 4.69) is 60.4 Å². The first-order chi connectivity index (χ1) is 12.6. The van der Waals surface area contributed by atoms with Gasteiger partial charge in [-0.05, 0) is 47.7 Å². The third-order valence-electron chi connectivity index (χ3n) is 4.51. The number of amides is 1. The lowest BCUT2D eigenvalue weighted by molar-refractivity contribution is 0.0925. The Morgan fingerprint density at radius 2 is 1.77 bits per heavy atom. The van der Waals surface area contributed by atoms with Crippen molar-refractivity contribution in [2.45, 2.75) is 33.2 Å². The van der Waals surface area contributed by atoms with Crippen molar-refractivity contribution in [2.75, 3.05) is 0 Å². The molecule has 0 aliphatic heterocycles. The number of aromatic nitrogens is 3. The van der Waals surface area contributed by atoms with Crippen LogP contribution in [0.2, 0.25) is 0 Å². The number of hydrogen-bond acceptors (Lipinski definition) is 3. The van der Waals surface area contributed by atoms with Crippen LogP contribution in [0.3, 0.4) is 0 Å². The number of rotatable bonds is 6. The predicted molar refractivity (Wildman–Crippen MR) is 102 cm³/mol. The Morgan fingerprint density at radius 1 is 1.08 bits per heavy atom. The van der Waals surface area contributed by atoms with Crippen LogP contribution in [0.1, 0.15) is 48.3 Å². The summed E-state index contributed by atoms with van der Waals surface area (Å²) in [5.41, 5.74) is 3.93. The number of aryl methyl sites for hydroxylation is 1. The summed E-state index contributed by atoms with van der Waals surface area (Å²) in [6.07, 6.45) is 4.12. The second-order valence-corrected chi connectivity index (χ2v) is 6.68. The Labute approximate surface area is 154 Å². The summed E-state index contributed by atoms with van der Waals surface area (Å²) in [4.78, 5) is 16.6. The first kappa shape index (κ1) is 17.9. The zero-order valence-corrected chi connectivity index (χ0v) is 15.4. The molecule has 0 fully saturated rings. The Balaban J connectivity index is 1.75. The lowest BCUT2D eigenvalue weighted by Crippen LogP contribution is -2.31. The van der Waals surface area contributed by atoms with Gasteiger partial charge < -0.3 is 5.32 Å². The van der Waals surface area contributed by atoms with E-state index >= 15 is 0 Å². The van der Waals surface area contributed by atoms with Gasteiger partial charge in [0.1, 0.15) is 12.7 Å². The van der Waals surface area contributed by atoms with Crippen LogP contribution in [-0.2, 0) is 6.42 Å². The third-order valence-corrected chi connectivity index (χ3v) is 4.51. The van der Waals surface area contributed by atoms with Crippen LogP contribution in [0.4, 0.5) is 0 Å². The molecule has 1 heterocycles. The maximum Gasteiger partial charge on any atom is 0.251 e. The molecule has 1 atom stereocenters. The largest absolute Gasteiger partial charge is 0.345 e. The van der Waals surface area contributed by atoms with E-state index in [1.807, 2.05) is 24.3 Å². The van der Waals surface area contributed by atoms with Crippen molar-refractivity contribution in [3.63, 3.8) is 0 Å². The summed E-state index contributed by atoms with van der Waals surface area (Å²) in [5, 5.41) is 7.26. The van der Waals surface area contributed by atoms with Crippen LogP contribution in [0.5, 0.6) is 0 Å². The Morgan fingerprint density at radius 3 is 2.31 bits per heavy atom. The molecular weight excluding hydrogens is 324 g/mol. The van der Waals surface area contributed by atoms with E-state index in [0.29, 0.717) is 11.5 Å². The molecule has 26 heavy (non-hydrogen) atoms. The molecule has 3 aromatic rings. The van der Waals surface area contributed by atoms with E-state index in [1.54, 1.807) is 11.0 Å². The molecule has 0 spiro atoms. The van der Waals surface area contributed by atoms with E-state index in [9.17, 15) is 4.79 Å². The molecule has 3 rings (SSSR count). The second-order valence-electron chi connectivity index (χ2n) is 6.68. The number of hydrogen-bond donors (Lipinski definition) is 1. The van der Waals surface area contributed by atoms with Gasteiger partial charge in [0.25, 0.3) is 5.91 Å². The molecule has 1 aromatic heterocycles. The van der Waals surface area contributed by atoms with Crippen molar-refractivity contribution in [3.8, 4) is 5.69 Å². The summed E-state index contributed by atoms with van der Waals surface area (Å²) < 4.78 is 1.66. The minimum atomic E-state index is -0.0755. The Hall–Kier alpha value is -2.95. The maximum atomic E-state index is 12.7. The van der Waals surface area contributed by atoms with Crippen LogP contribution in [0.25, 0.3) is 5.69 Å². The van der Waals surface area contributed by atoms with Gasteiger partial charge in [0, 0.05) is 5.56 Å². The highest BCUT2D eigenvalue weighted by atomic mass is 16.1. The smallest absolute Gasteiger partial charge is 0.251 e. The van der Waals surface area contributed by atoms with E-state index in [1.165, 1.54) is 11.9 Å². The van der Waals surface area contributed by atoms with E-state index in [-0.39, 0.29) is 11.9 Å². The fourth-order valence-electron chi connectivity index (χ4n) is 2.93. The minimum absolute atomic E-state index is 0.0246. The zero-order chi connectivity index (χ0) is 18.5. The van der Waals surface area contributed by atoms with Gasteiger partial charge in [0.05, 0.1) is 11.7 Å². The summed E-state index contributed by atoms with van der Waals surface area (Å²) in [6.45, 7) is 6.37. The van der Waals surface area contributed by atoms with E-state index in [0.717, 1.165) is 17.7 Å². The van der Waals surface area contributed by atoms with Crippen LogP contribution in [0, 0.1) is 5.92 Å². The Bertz CT molecular complexity index is 837. The average molecular weight is 348 g/mol. The summed E-state index contributed by atoms with van der Waals surface area (Å²) >= 11 is 0. The quantitative estimate of drug-likeness (QED) is 0.733. The second kappa shape index (κ2) is 7.95. The monoisotopic (exact) mass is 348 g/mol. The van der Waals surface area contributed by atoms with Crippen LogP contribution in [-0.4, -0.2) is 20.7 Å². The summed E-state index contributed by atoms with van der Waals surface area (Å²) in [7, 11) is 0. The zero-order valence-electron chi connectivity index (χ0n) is 15.4. The first-order valence-electron chi connectivity index (χ1n) is 8.93. The molecule has 1 unspecified atom stereocenters. The van der Waals surface area contributed by atoms with Gasteiger partial charge in [-0.1, -0.05) is 45.0 Å². The fraction of sp³-hybridized carbons (Fsp3) is 0.286. The maximum absolute atomic E-state index is 12.7. The van der Waals surface area contributed by atoms with E-state index < -0.39 is 0 Å². The van der Waals surface area contributed by atoms with Crippen molar-refractivity contribution in [2.24, 2.45) is 5.92 Å². The molecule has 0 aliphatic carbocycles. The van der Waals surface area contributed by atoms with Gasteiger partial charge in [-0.25, -0.2) is 9.67 Å². The Kier molecular flexibility index (Phi) is 5.46. The standard InChI is InChI=1S/C21H24N4O/c1-4-16-5-7-17(8-6-16)20(15(2)3)24-21(26)18-9-11-19(12-10-18)25-14-22-13-23-25/h5-15,20H,4H2,1-3H3,(H,24,26). The third kappa shape index (κ3) is 3.99. The first-order valence-corrected chi connectivity index (χ1v) is 8.93. The molecule has 5 heteroatoms. The minimum Gasteiger partial charge on any atom is -0.345 e. The molecule has 0 bridgehead atoms. The van der Waals surface area contributed by atoms with Gasteiger partial charge in [-0.2, -0.15) is 5.10 Å². The van der Waals surface area contributed by atoms with Crippen molar-refractivity contribution in [1.29, 1.82) is 0 Å². The average Bonchev–Trinajstić information content (AvgIpc) is 3.21. The molecule has 134 valence electrons. The fourth-order valence-corrected chi connectivity index (χ4v) is 2.93. The normalized spacial score (nSPS) is 12.2. The lowest BCUT2D eigenvalue weighted by Gasteiger charge is -2.23. The van der Waals surface area contributed by atoms with Crippen LogP contribution >= 0.6 is 0 Å². The molecule has 0 aliphatic rings. The van der Waals surface area contributed by atoms with Crippen molar-refractivity contribution < 1.29 is 4.79 Å². The van der Waals surface area contributed by atoms with Crippen molar-refractivity contribution in [3.05, 3.63) is 77.9 Å². The molecule has 0 radical (unpaired) electrons. The number of benzene rings is 2. The van der Waals surface area contributed by atoms with Crippen molar-refractivity contribution in [1.82, 2.24) is 20.1 Å². The molecule has 1 amide bonds. The van der Waals surface area contributed by atoms with Crippen LogP contribution < -0.4 is 5.32 Å². The highest BCUT2D eigenvalue weighted by Crippen LogP contribution is 2.23. The molecule has 0 saturated heterocycles. The highest BCUT2D eigenvalue weighted by molar-refractivity contribution is 5.94. The van der Waals surface area contributed by atoms with Gasteiger partial charge in [0.2, 0.25) is 0 Å². The van der Waals surface area contributed by atoms with Crippen LogP contribution in [0.15, 0.2) is 61.2 Å². The molecule has 0 saturated carbocycles. The van der Waals surface area contributed by atoms with Crippen molar-refractivity contribution >= 4 is 5.91 Å². The number of nitrogens with zero attached hydrogens (tertiary/aromatic N) is 3. The number of carbonyl (C=O) groups is 1. The summed E-state index contributed by atoms with van der Waals surface area (Å²) in [6, 6.07) is 15.8. The molecule has 5 nitrogen and oxygen atoms in total. The summed E-state index contributed by atoms with van der Waals surface area (Å²) in [5.74, 6) is 0.217. The van der Waals surface area contributed by atoms with E-state index in [4.69, 9.17) is 0 Å². The number of nitrogens with one attached hydrogen (secondary N) is 1. The van der Waals surface area contributed by atoms with Gasteiger partial charge >= 0.3 is 0 Å². The number of carbonyl (C=O) groups excluding carboxylic acids is 1. The van der Waals surface area contributed by atoms with Gasteiger partial charge in [-0.3, -0.25) is 4.79 Å².